The van der Waals surface area contributed by atoms with Crippen molar-refractivity contribution in [3.63, 3.8) is 0 Å². The molecule has 0 fully saturated rings. The van der Waals surface area contributed by atoms with Gasteiger partial charge in [0.25, 0.3) is 0 Å². The number of hydrogen-bond donors (Lipinski definition) is 2. The standard InChI is InChI=1S/C10H16O4/c1-6(8(11)12)7(9(13)14)5-10(2,3)4/h5H2,1-4H3,(H,11,12)(H,13,14)/b7-6+. The van der Waals surface area contributed by atoms with E-state index in [1.807, 2.05) is 20.8 Å². The molecule has 0 saturated carbocycles. The van der Waals surface area contributed by atoms with Gasteiger partial charge in [-0.1, -0.05) is 20.8 Å². The highest BCUT2D eigenvalue weighted by Crippen LogP contribution is 2.26. The largest absolute Gasteiger partial charge is 0.478 e. The number of rotatable bonds is 3. The number of aliphatic carboxylic acids is 2. The quantitative estimate of drug-likeness (QED) is 0.682. The van der Waals surface area contributed by atoms with E-state index in [0.717, 1.165) is 0 Å². The first-order valence-electron chi connectivity index (χ1n) is 4.31. The first kappa shape index (κ1) is 12.7. The smallest absolute Gasteiger partial charge is 0.332 e. The Bertz CT molecular complexity index is 281. The summed E-state index contributed by atoms with van der Waals surface area (Å²) in [7, 11) is 0. The van der Waals surface area contributed by atoms with Gasteiger partial charge in [0.2, 0.25) is 0 Å². The summed E-state index contributed by atoms with van der Waals surface area (Å²) in [6.07, 6.45) is 0.250. The van der Waals surface area contributed by atoms with Crippen LogP contribution in [0.25, 0.3) is 0 Å². The molecule has 0 saturated heterocycles. The van der Waals surface area contributed by atoms with E-state index < -0.39 is 11.9 Å². The Kier molecular flexibility index (Phi) is 3.86. The predicted molar refractivity (Wildman–Crippen MR) is 52.0 cm³/mol. The van der Waals surface area contributed by atoms with Crippen molar-refractivity contribution in [1.29, 1.82) is 0 Å². The molecule has 0 aromatic carbocycles. The Hall–Kier alpha value is -1.32. The third-order valence-electron chi connectivity index (χ3n) is 1.74. The van der Waals surface area contributed by atoms with Gasteiger partial charge in [-0.3, -0.25) is 0 Å². The third-order valence-corrected chi connectivity index (χ3v) is 1.74. The molecule has 2 N–H and O–H groups in total. The van der Waals surface area contributed by atoms with Crippen LogP contribution in [0.4, 0.5) is 0 Å². The van der Waals surface area contributed by atoms with Crippen LogP contribution in [0.5, 0.6) is 0 Å². The van der Waals surface area contributed by atoms with Crippen LogP contribution in [-0.4, -0.2) is 22.2 Å². The zero-order valence-corrected chi connectivity index (χ0v) is 8.92. The molecular formula is C10H16O4. The second-order valence-corrected chi connectivity index (χ2v) is 4.45. The lowest BCUT2D eigenvalue weighted by Gasteiger charge is -2.19. The third kappa shape index (κ3) is 4.07. The van der Waals surface area contributed by atoms with Crippen LogP contribution in [-0.2, 0) is 9.59 Å². The molecule has 0 aromatic rings. The number of carbonyl (C=O) groups is 2. The highest BCUT2D eigenvalue weighted by molar-refractivity contribution is 5.98. The van der Waals surface area contributed by atoms with Crippen molar-refractivity contribution in [2.75, 3.05) is 0 Å². The van der Waals surface area contributed by atoms with E-state index in [-0.39, 0.29) is 23.0 Å². The van der Waals surface area contributed by atoms with Gasteiger partial charge in [-0.2, -0.15) is 0 Å². The highest BCUT2D eigenvalue weighted by Gasteiger charge is 2.22. The van der Waals surface area contributed by atoms with Crippen LogP contribution < -0.4 is 0 Å². The summed E-state index contributed by atoms with van der Waals surface area (Å²) in [6, 6.07) is 0. The molecule has 0 atom stereocenters. The molecule has 0 unspecified atom stereocenters. The van der Waals surface area contributed by atoms with Crippen molar-refractivity contribution in [2.45, 2.75) is 34.1 Å². The highest BCUT2D eigenvalue weighted by atomic mass is 16.4. The van der Waals surface area contributed by atoms with Crippen LogP contribution >= 0.6 is 0 Å². The topological polar surface area (TPSA) is 74.6 Å². The van der Waals surface area contributed by atoms with E-state index >= 15 is 0 Å². The molecule has 0 aromatic heterocycles. The number of carboxylic acids is 2. The van der Waals surface area contributed by atoms with Crippen LogP contribution in [0, 0.1) is 5.41 Å². The fourth-order valence-corrected chi connectivity index (χ4v) is 1.03. The number of hydrogen-bond acceptors (Lipinski definition) is 2. The Balaban J connectivity index is 5.07. The lowest BCUT2D eigenvalue weighted by Crippen LogP contribution is -2.16. The van der Waals surface area contributed by atoms with Gasteiger partial charge in [0.05, 0.1) is 0 Å². The van der Waals surface area contributed by atoms with Crippen LogP contribution in [0.1, 0.15) is 34.1 Å². The van der Waals surface area contributed by atoms with Crippen LogP contribution in [0.3, 0.4) is 0 Å². The summed E-state index contributed by atoms with van der Waals surface area (Å²) in [4.78, 5) is 21.4. The van der Waals surface area contributed by atoms with Gasteiger partial charge < -0.3 is 10.2 Å². The zero-order chi connectivity index (χ0) is 11.5. The second-order valence-electron chi connectivity index (χ2n) is 4.45. The minimum Gasteiger partial charge on any atom is -0.478 e. The van der Waals surface area contributed by atoms with Crippen molar-refractivity contribution in [3.8, 4) is 0 Å². The molecule has 0 bridgehead atoms. The summed E-state index contributed by atoms with van der Waals surface area (Å²) in [6.45, 7) is 6.92. The normalized spacial score (nSPS) is 13.4. The van der Waals surface area contributed by atoms with Crippen molar-refractivity contribution in [1.82, 2.24) is 0 Å². The molecule has 14 heavy (non-hydrogen) atoms. The van der Waals surface area contributed by atoms with E-state index in [1.165, 1.54) is 6.92 Å². The van der Waals surface area contributed by atoms with Gasteiger partial charge in [-0.15, -0.1) is 0 Å². The Labute approximate surface area is 83.2 Å². The fraction of sp³-hybridized carbons (Fsp3) is 0.600. The van der Waals surface area contributed by atoms with Crippen LogP contribution in [0.15, 0.2) is 11.1 Å². The van der Waals surface area contributed by atoms with Crippen molar-refractivity contribution >= 4 is 11.9 Å². The summed E-state index contributed by atoms with van der Waals surface area (Å²) >= 11 is 0. The summed E-state index contributed by atoms with van der Waals surface area (Å²) in [5.41, 5.74) is -0.345. The minimum atomic E-state index is -1.17. The SMILES string of the molecule is C/C(C(=O)O)=C(/CC(C)(C)C)C(=O)O. The Morgan fingerprint density at radius 3 is 1.71 bits per heavy atom. The van der Waals surface area contributed by atoms with Gasteiger partial charge >= 0.3 is 11.9 Å². The summed E-state index contributed by atoms with van der Waals surface area (Å²) in [5.74, 6) is -2.33. The van der Waals surface area contributed by atoms with Gasteiger partial charge in [-0.05, 0) is 18.8 Å². The van der Waals surface area contributed by atoms with E-state index in [9.17, 15) is 9.59 Å². The Morgan fingerprint density at radius 1 is 1.07 bits per heavy atom. The van der Waals surface area contributed by atoms with E-state index in [1.54, 1.807) is 0 Å². The lowest BCUT2D eigenvalue weighted by molar-refractivity contribution is -0.136. The molecule has 0 spiro atoms. The fourth-order valence-electron chi connectivity index (χ4n) is 1.03. The average molecular weight is 200 g/mol. The number of carboxylic acid groups (broad SMARTS) is 2. The molecule has 0 aliphatic heterocycles. The monoisotopic (exact) mass is 200 g/mol. The van der Waals surface area contributed by atoms with Crippen molar-refractivity contribution in [3.05, 3.63) is 11.1 Å². The maximum absolute atomic E-state index is 10.8. The first-order valence-corrected chi connectivity index (χ1v) is 4.31. The maximum atomic E-state index is 10.8. The van der Waals surface area contributed by atoms with Gasteiger partial charge in [0.1, 0.15) is 0 Å². The molecule has 0 aliphatic rings. The molecular weight excluding hydrogens is 184 g/mol. The zero-order valence-electron chi connectivity index (χ0n) is 8.92. The molecule has 4 nitrogen and oxygen atoms in total. The predicted octanol–water partition coefficient (Wildman–Crippen LogP) is 1.91. The van der Waals surface area contributed by atoms with Gasteiger partial charge in [-0.25, -0.2) is 9.59 Å². The summed E-state index contributed by atoms with van der Waals surface area (Å²) < 4.78 is 0. The van der Waals surface area contributed by atoms with Gasteiger partial charge in [0.15, 0.2) is 0 Å². The van der Waals surface area contributed by atoms with Gasteiger partial charge in [0, 0.05) is 11.1 Å². The Morgan fingerprint density at radius 2 is 1.50 bits per heavy atom. The molecule has 4 heteroatoms. The molecule has 0 aliphatic carbocycles. The average Bonchev–Trinajstić information content (AvgIpc) is 1.96. The second kappa shape index (κ2) is 4.26. The maximum Gasteiger partial charge on any atom is 0.332 e. The first-order chi connectivity index (χ1) is 6.15. The van der Waals surface area contributed by atoms with Crippen LogP contribution in [0.2, 0.25) is 0 Å². The van der Waals surface area contributed by atoms with E-state index in [2.05, 4.69) is 0 Å². The molecule has 0 rings (SSSR count). The van der Waals surface area contributed by atoms with Crippen molar-refractivity contribution < 1.29 is 19.8 Å². The lowest BCUT2D eigenvalue weighted by atomic mass is 9.86. The molecule has 0 radical (unpaired) electrons. The van der Waals surface area contributed by atoms with E-state index in [4.69, 9.17) is 10.2 Å². The van der Waals surface area contributed by atoms with Crippen molar-refractivity contribution in [2.24, 2.45) is 5.41 Å². The molecule has 0 amide bonds. The summed E-state index contributed by atoms with van der Waals surface area (Å²) in [5, 5.41) is 17.5. The van der Waals surface area contributed by atoms with E-state index in [0.29, 0.717) is 0 Å². The minimum absolute atomic E-state index is 0.0231. The molecule has 80 valence electrons. The molecule has 0 heterocycles.